The molecule has 0 fully saturated rings. The summed E-state index contributed by atoms with van der Waals surface area (Å²) in [5, 5.41) is 9.95. The van der Waals surface area contributed by atoms with Crippen molar-refractivity contribution in [1.82, 2.24) is 0 Å². The first-order chi connectivity index (χ1) is 7.73. The van der Waals surface area contributed by atoms with Crippen molar-refractivity contribution in [3.05, 3.63) is 35.4 Å². The number of aliphatic hydroxyl groups is 1. The van der Waals surface area contributed by atoms with E-state index in [1.54, 1.807) is 0 Å². The molecule has 0 heterocycles. The number of rotatable bonds is 3. The van der Waals surface area contributed by atoms with E-state index in [1.165, 1.54) is 5.56 Å². The lowest BCUT2D eigenvalue weighted by Crippen LogP contribution is -2.30. The van der Waals surface area contributed by atoms with Gasteiger partial charge in [-0.1, -0.05) is 58.9 Å². The lowest BCUT2D eigenvalue weighted by molar-refractivity contribution is 0.0979. The highest BCUT2D eigenvalue weighted by molar-refractivity contribution is 5.29. The molecule has 0 aromatic heterocycles. The third-order valence-corrected chi connectivity index (χ3v) is 3.21. The molecule has 0 unspecified atom stereocenters. The second kappa shape index (κ2) is 5.19. The molecule has 2 nitrogen and oxygen atoms in total. The molecule has 0 radical (unpaired) electrons. The van der Waals surface area contributed by atoms with Crippen molar-refractivity contribution in [2.75, 3.05) is 0 Å². The van der Waals surface area contributed by atoms with Crippen LogP contribution in [-0.4, -0.2) is 11.2 Å². The minimum atomic E-state index is -0.490. The molecule has 0 bridgehead atoms. The summed E-state index contributed by atoms with van der Waals surface area (Å²) in [7, 11) is 0. The van der Waals surface area contributed by atoms with E-state index in [0.29, 0.717) is 0 Å². The summed E-state index contributed by atoms with van der Waals surface area (Å²) >= 11 is 0. The maximum atomic E-state index is 9.95. The topological polar surface area (TPSA) is 46.2 Å². The maximum absolute atomic E-state index is 9.95. The zero-order valence-corrected chi connectivity index (χ0v) is 11.6. The molecule has 0 amide bonds. The van der Waals surface area contributed by atoms with Crippen LogP contribution in [0.3, 0.4) is 0 Å². The van der Waals surface area contributed by atoms with Gasteiger partial charge < -0.3 is 10.8 Å². The fourth-order valence-electron chi connectivity index (χ4n) is 1.82. The first kappa shape index (κ1) is 14.2. The SMILES string of the molecule is CC(C)[C@@H](O)[C@@H](N)c1ccc(C(C)(C)C)cc1. The molecule has 0 saturated heterocycles. The highest BCUT2D eigenvalue weighted by Crippen LogP contribution is 2.25. The molecule has 2 heteroatoms. The summed E-state index contributed by atoms with van der Waals surface area (Å²) in [5.41, 5.74) is 8.48. The highest BCUT2D eigenvalue weighted by atomic mass is 16.3. The van der Waals surface area contributed by atoms with Crippen LogP contribution in [0.5, 0.6) is 0 Å². The first-order valence-electron chi connectivity index (χ1n) is 6.27. The molecule has 0 aliphatic rings. The Balaban J connectivity index is 2.88. The lowest BCUT2D eigenvalue weighted by Gasteiger charge is -2.24. The summed E-state index contributed by atoms with van der Waals surface area (Å²) in [4.78, 5) is 0. The second-order valence-corrected chi connectivity index (χ2v) is 6.13. The summed E-state index contributed by atoms with van der Waals surface area (Å²) in [6.45, 7) is 10.5. The summed E-state index contributed by atoms with van der Waals surface area (Å²) in [5.74, 6) is 0.173. The largest absolute Gasteiger partial charge is 0.391 e. The standard InChI is InChI=1S/C15H25NO/c1-10(2)14(17)13(16)11-6-8-12(9-7-11)15(3,4)5/h6-10,13-14,17H,16H2,1-5H3/t13-,14+/m0/s1. The Bertz CT molecular complexity index is 348. The Morgan fingerprint density at radius 3 is 1.88 bits per heavy atom. The molecule has 1 aromatic carbocycles. The fraction of sp³-hybridized carbons (Fsp3) is 0.600. The Hall–Kier alpha value is -0.860. The molecule has 0 aliphatic heterocycles. The molecule has 0 spiro atoms. The van der Waals surface area contributed by atoms with Crippen molar-refractivity contribution in [2.24, 2.45) is 11.7 Å². The molecule has 0 aliphatic carbocycles. The van der Waals surface area contributed by atoms with Gasteiger partial charge in [0.25, 0.3) is 0 Å². The van der Waals surface area contributed by atoms with Gasteiger partial charge in [0.2, 0.25) is 0 Å². The predicted molar refractivity (Wildman–Crippen MR) is 72.9 cm³/mol. The van der Waals surface area contributed by atoms with Gasteiger partial charge in [-0.2, -0.15) is 0 Å². The van der Waals surface area contributed by atoms with Crippen molar-refractivity contribution in [2.45, 2.75) is 52.2 Å². The molecule has 96 valence electrons. The van der Waals surface area contributed by atoms with Crippen LogP contribution < -0.4 is 5.73 Å². The predicted octanol–water partition coefficient (Wildman–Crippen LogP) is 3.00. The maximum Gasteiger partial charge on any atom is 0.0755 e. The van der Waals surface area contributed by atoms with E-state index in [0.717, 1.165) is 5.56 Å². The molecular formula is C15H25NO. The van der Waals surface area contributed by atoms with Gasteiger partial charge in [-0.25, -0.2) is 0 Å². The van der Waals surface area contributed by atoms with Crippen LogP contribution in [0.4, 0.5) is 0 Å². The molecule has 3 N–H and O–H groups in total. The lowest BCUT2D eigenvalue weighted by atomic mass is 9.85. The molecule has 1 rings (SSSR count). The Morgan fingerprint density at radius 1 is 1.06 bits per heavy atom. The highest BCUT2D eigenvalue weighted by Gasteiger charge is 2.20. The van der Waals surface area contributed by atoms with Gasteiger partial charge in [0.05, 0.1) is 12.1 Å². The van der Waals surface area contributed by atoms with Gasteiger partial charge in [-0.05, 0) is 22.5 Å². The molecule has 2 atom stereocenters. The third-order valence-electron chi connectivity index (χ3n) is 3.21. The summed E-state index contributed by atoms with van der Waals surface area (Å²) < 4.78 is 0. The third kappa shape index (κ3) is 3.55. The van der Waals surface area contributed by atoms with E-state index in [-0.39, 0.29) is 17.4 Å². The van der Waals surface area contributed by atoms with Gasteiger partial charge in [0, 0.05) is 0 Å². The average Bonchev–Trinajstić information content (AvgIpc) is 2.26. The van der Waals surface area contributed by atoms with Crippen molar-refractivity contribution in [1.29, 1.82) is 0 Å². The molecule has 1 aromatic rings. The van der Waals surface area contributed by atoms with Crippen LogP contribution in [0, 0.1) is 5.92 Å². The van der Waals surface area contributed by atoms with E-state index in [4.69, 9.17) is 5.73 Å². The number of benzene rings is 1. The van der Waals surface area contributed by atoms with Crippen molar-refractivity contribution >= 4 is 0 Å². The van der Waals surface area contributed by atoms with Crippen LogP contribution in [0.2, 0.25) is 0 Å². The van der Waals surface area contributed by atoms with E-state index in [9.17, 15) is 5.11 Å². The van der Waals surface area contributed by atoms with Crippen LogP contribution in [-0.2, 0) is 5.41 Å². The number of aliphatic hydroxyl groups excluding tert-OH is 1. The van der Waals surface area contributed by atoms with Gasteiger partial charge in [-0.15, -0.1) is 0 Å². The van der Waals surface area contributed by atoms with Crippen LogP contribution in [0.15, 0.2) is 24.3 Å². The normalized spacial score (nSPS) is 16.0. The Kier molecular flexibility index (Phi) is 4.34. The van der Waals surface area contributed by atoms with E-state index in [1.807, 2.05) is 26.0 Å². The van der Waals surface area contributed by atoms with Crippen molar-refractivity contribution in [3.8, 4) is 0 Å². The monoisotopic (exact) mass is 235 g/mol. The summed E-state index contributed by atoms with van der Waals surface area (Å²) in [6, 6.07) is 7.95. The van der Waals surface area contributed by atoms with Crippen molar-refractivity contribution in [3.63, 3.8) is 0 Å². The number of hydrogen-bond acceptors (Lipinski definition) is 2. The van der Waals surface area contributed by atoms with Gasteiger partial charge in [-0.3, -0.25) is 0 Å². The van der Waals surface area contributed by atoms with Crippen LogP contribution >= 0.6 is 0 Å². The van der Waals surface area contributed by atoms with E-state index in [2.05, 4.69) is 32.9 Å². The van der Waals surface area contributed by atoms with Crippen LogP contribution in [0.25, 0.3) is 0 Å². The summed E-state index contributed by atoms with van der Waals surface area (Å²) in [6.07, 6.45) is -0.490. The zero-order chi connectivity index (χ0) is 13.2. The molecule has 0 saturated carbocycles. The van der Waals surface area contributed by atoms with Gasteiger partial charge >= 0.3 is 0 Å². The smallest absolute Gasteiger partial charge is 0.0755 e. The number of hydrogen-bond donors (Lipinski definition) is 2. The minimum Gasteiger partial charge on any atom is -0.391 e. The second-order valence-electron chi connectivity index (χ2n) is 6.13. The zero-order valence-electron chi connectivity index (χ0n) is 11.6. The Morgan fingerprint density at radius 2 is 1.53 bits per heavy atom. The van der Waals surface area contributed by atoms with Crippen LogP contribution in [0.1, 0.15) is 51.8 Å². The Labute approximate surface area is 105 Å². The van der Waals surface area contributed by atoms with E-state index < -0.39 is 6.10 Å². The minimum absolute atomic E-state index is 0.152. The molecule has 17 heavy (non-hydrogen) atoms. The number of nitrogens with two attached hydrogens (primary N) is 1. The molecular weight excluding hydrogens is 210 g/mol. The average molecular weight is 235 g/mol. The van der Waals surface area contributed by atoms with Gasteiger partial charge in [0.15, 0.2) is 0 Å². The first-order valence-corrected chi connectivity index (χ1v) is 6.27. The van der Waals surface area contributed by atoms with Gasteiger partial charge in [0.1, 0.15) is 0 Å². The fourth-order valence-corrected chi connectivity index (χ4v) is 1.82. The van der Waals surface area contributed by atoms with Crippen molar-refractivity contribution < 1.29 is 5.11 Å². The quantitative estimate of drug-likeness (QED) is 0.846. The van der Waals surface area contributed by atoms with E-state index >= 15 is 0 Å².